The van der Waals surface area contributed by atoms with Crippen molar-refractivity contribution < 1.29 is 9.53 Å². The molecule has 1 aliphatic heterocycles. The fraction of sp³-hybridized carbons (Fsp3) is 0.667. The molecule has 1 aromatic rings. The van der Waals surface area contributed by atoms with E-state index in [4.69, 9.17) is 4.74 Å². The average Bonchev–Trinajstić information content (AvgIpc) is 2.63. The molecule has 0 radical (unpaired) electrons. The van der Waals surface area contributed by atoms with E-state index in [9.17, 15) is 4.79 Å². The summed E-state index contributed by atoms with van der Waals surface area (Å²) in [7, 11) is 0. The lowest BCUT2D eigenvalue weighted by Crippen LogP contribution is -2.54. The predicted molar refractivity (Wildman–Crippen MR) is 99.6 cm³/mol. The molecule has 4 heteroatoms. The second kappa shape index (κ2) is 7.77. The zero-order chi connectivity index (χ0) is 17.1. The Morgan fingerprint density at radius 2 is 1.76 bits per heavy atom. The number of carbonyl (C=O) groups is 1. The predicted octanol–water partition coefficient (Wildman–Crippen LogP) is 4.67. The highest BCUT2D eigenvalue weighted by Gasteiger charge is 2.46. The van der Waals surface area contributed by atoms with Crippen LogP contribution in [0.3, 0.4) is 0 Å². The summed E-state index contributed by atoms with van der Waals surface area (Å²) in [5.41, 5.74) is 0.807. The van der Waals surface area contributed by atoms with Crippen LogP contribution in [-0.2, 0) is 4.74 Å². The Kier molecular flexibility index (Phi) is 5.25. The number of hydrogen-bond acceptors (Lipinski definition) is 3. The first-order chi connectivity index (χ1) is 12.3. The van der Waals surface area contributed by atoms with Crippen molar-refractivity contribution in [3.63, 3.8) is 0 Å². The van der Waals surface area contributed by atoms with Crippen LogP contribution < -0.4 is 5.32 Å². The van der Waals surface area contributed by atoms with Crippen molar-refractivity contribution >= 4 is 11.8 Å². The van der Waals surface area contributed by atoms with E-state index in [0.717, 1.165) is 5.69 Å². The molecule has 136 valence electrons. The van der Waals surface area contributed by atoms with E-state index in [-0.39, 0.29) is 12.2 Å². The Morgan fingerprint density at radius 3 is 2.56 bits per heavy atom. The van der Waals surface area contributed by atoms with Crippen molar-refractivity contribution in [2.24, 2.45) is 11.8 Å². The minimum absolute atomic E-state index is 0.0955. The van der Waals surface area contributed by atoms with Gasteiger partial charge in [-0.2, -0.15) is 0 Å². The number of ether oxygens (including phenoxy) is 1. The fourth-order valence-corrected chi connectivity index (χ4v) is 5.29. The summed E-state index contributed by atoms with van der Waals surface area (Å²) in [5, 5.41) is 2.90. The van der Waals surface area contributed by atoms with Crippen molar-refractivity contribution in [1.29, 1.82) is 0 Å². The van der Waals surface area contributed by atoms with Gasteiger partial charge in [-0.25, -0.2) is 4.79 Å². The maximum atomic E-state index is 12.4. The summed E-state index contributed by atoms with van der Waals surface area (Å²) in [6.07, 6.45) is 10.0. The van der Waals surface area contributed by atoms with E-state index in [0.29, 0.717) is 17.9 Å². The van der Waals surface area contributed by atoms with E-state index in [1.54, 1.807) is 0 Å². The van der Waals surface area contributed by atoms with Crippen molar-refractivity contribution in [1.82, 2.24) is 4.90 Å². The first-order valence-corrected chi connectivity index (χ1v) is 10.1. The third-order valence-electron chi connectivity index (χ3n) is 6.45. The van der Waals surface area contributed by atoms with Gasteiger partial charge < -0.3 is 4.74 Å². The number of rotatable bonds is 3. The lowest BCUT2D eigenvalue weighted by molar-refractivity contribution is -0.0688. The van der Waals surface area contributed by atoms with Gasteiger partial charge in [-0.3, -0.25) is 10.2 Å². The number of nitrogens with one attached hydrogen (secondary N) is 1. The van der Waals surface area contributed by atoms with Gasteiger partial charge in [-0.05, 0) is 69.7 Å². The topological polar surface area (TPSA) is 41.6 Å². The zero-order valence-electron chi connectivity index (χ0n) is 15.0. The molecule has 2 saturated carbocycles. The molecule has 4 nitrogen and oxygen atoms in total. The van der Waals surface area contributed by atoms with E-state index in [1.165, 1.54) is 64.5 Å². The Hall–Kier alpha value is -1.55. The summed E-state index contributed by atoms with van der Waals surface area (Å²) in [6, 6.07) is 10.2. The molecule has 4 atom stereocenters. The summed E-state index contributed by atoms with van der Waals surface area (Å²) in [6.45, 7) is 2.46. The monoisotopic (exact) mass is 342 g/mol. The highest BCUT2D eigenvalue weighted by molar-refractivity contribution is 5.84. The summed E-state index contributed by atoms with van der Waals surface area (Å²) in [5.74, 6) is 1.08. The summed E-state index contributed by atoms with van der Waals surface area (Å²) < 4.78 is 6.01. The third kappa shape index (κ3) is 3.84. The standard InChI is InChI=1S/C21H30N2O2/c24-21(22-17-9-3-1-4-10-17)25-20-16-8-7-11-18(20)19(13-12-16)23-14-5-2-6-15-23/h1,3-4,9-10,16,18-20H,2,5-8,11-15H2,(H,22,24)/t16-,18+,19-,20-/m0/s1. The summed E-state index contributed by atoms with van der Waals surface area (Å²) >= 11 is 0. The van der Waals surface area contributed by atoms with Crippen LogP contribution in [-0.4, -0.2) is 36.2 Å². The van der Waals surface area contributed by atoms with Gasteiger partial charge in [0.25, 0.3) is 0 Å². The van der Waals surface area contributed by atoms with Crippen LogP contribution in [0, 0.1) is 11.8 Å². The number of para-hydroxylation sites is 1. The first kappa shape index (κ1) is 16.9. The molecule has 1 heterocycles. The van der Waals surface area contributed by atoms with Gasteiger partial charge >= 0.3 is 6.09 Å². The molecule has 1 aromatic carbocycles. The molecule has 2 aliphatic carbocycles. The average molecular weight is 342 g/mol. The molecule has 0 aromatic heterocycles. The second-order valence-corrected chi connectivity index (χ2v) is 7.96. The largest absolute Gasteiger partial charge is 0.445 e. The van der Waals surface area contributed by atoms with Crippen molar-refractivity contribution in [2.45, 2.75) is 63.5 Å². The van der Waals surface area contributed by atoms with Crippen LogP contribution in [0.5, 0.6) is 0 Å². The number of carbonyl (C=O) groups excluding carboxylic acids is 1. The maximum Gasteiger partial charge on any atom is 0.411 e. The van der Waals surface area contributed by atoms with Gasteiger partial charge in [0, 0.05) is 17.6 Å². The van der Waals surface area contributed by atoms with Crippen LogP contribution in [0.15, 0.2) is 30.3 Å². The van der Waals surface area contributed by atoms with Crippen molar-refractivity contribution in [3.8, 4) is 0 Å². The molecule has 3 fully saturated rings. The highest BCUT2D eigenvalue weighted by Crippen LogP contribution is 2.44. The van der Waals surface area contributed by atoms with Gasteiger partial charge in [-0.1, -0.05) is 31.0 Å². The summed E-state index contributed by atoms with van der Waals surface area (Å²) in [4.78, 5) is 15.1. The van der Waals surface area contributed by atoms with E-state index < -0.39 is 0 Å². The molecule has 0 spiro atoms. The van der Waals surface area contributed by atoms with E-state index in [1.807, 2.05) is 30.3 Å². The molecule has 1 N–H and O–H groups in total. The van der Waals surface area contributed by atoms with Gasteiger partial charge in [0.15, 0.2) is 0 Å². The van der Waals surface area contributed by atoms with Crippen LogP contribution >= 0.6 is 0 Å². The number of benzene rings is 1. The Labute approximate surface area is 150 Å². The number of amides is 1. The van der Waals surface area contributed by atoms with Gasteiger partial charge in [0.1, 0.15) is 6.10 Å². The number of hydrogen-bond donors (Lipinski definition) is 1. The Balaban J connectivity index is 1.42. The van der Waals surface area contributed by atoms with Crippen LogP contribution in [0.1, 0.15) is 51.4 Å². The number of nitrogens with zero attached hydrogens (tertiary/aromatic N) is 1. The maximum absolute atomic E-state index is 12.4. The highest BCUT2D eigenvalue weighted by atomic mass is 16.6. The van der Waals surface area contributed by atoms with E-state index >= 15 is 0 Å². The van der Waals surface area contributed by atoms with Crippen molar-refractivity contribution in [3.05, 3.63) is 30.3 Å². The molecule has 25 heavy (non-hydrogen) atoms. The molecule has 1 amide bonds. The fourth-order valence-electron chi connectivity index (χ4n) is 5.29. The minimum atomic E-state index is -0.285. The molecule has 4 rings (SSSR count). The molecule has 2 bridgehead atoms. The van der Waals surface area contributed by atoms with Crippen LogP contribution in [0.25, 0.3) is 0 Å². The van der Waals surface area contributed by atoms with Gasteiger partial charge in [0.05, 0.1) is 0 Å². The second-order valence-electron chi connectivity index (χ2n) is 7.96. The van der Waals surface area contributed by atoms with Crippen LogP contribution in [0.2, 0.25) is 0 Å². The smallest absolute Gasteiger partial charge is 0.411 e. The minimum Gasteiger partial charge on any atom is -0.445 e. The quantitative estimate of drug-likeness (QED) is 0.868. The molecule has 3 aliphatic rings. The SMILES string of the molecule is O=C(Nc1ccccc1)O[C@H]1[C@H]2CCC[C@@H]1[C@@H](N1CCCCC1)CC2. The van der Waals surface area contributed by atoms with Gasteiger partial charge in [-0.15, -0.1) is 0 Å². The number of anilines is 1. The zero-order valence-corrected chi connectivity index (χ0v) is 15.0. The normalized spacial score (nSPS) is 32.8. The van der Waals surface area contributed by atoms with Gasteiger partial charge in [0.2, 0.25) is 0 Å². The Bertz CT molecular complexity index is 571. The third-order valence-corrected chi connectivity index (χ3v) is 6.45. The lowest BCUT2D eigenvalue weighted by Gasteiger charge is -2.50. The molecule has 1 saturated heterocycles. The Morgan fingerprint density at radius 1 is 0.960 bits per heavy atom. The number of piperidine rings is 1. The lowest BCUT2D eigenvalue weighted by atomic mass is 9.67. The molecule has 0 unspecified atom stereocenters. The first-order valence-electron chi connectivity index (χ1n) is 10.1. The van der Waals surface area contributed by atoms with E-state index in [2.05, 4.69) is 10.2 Å². The molecular weight excluding hydrogens is 312 g/mol. The number of likely N-dealkylation sites (tertiary alicyclic amines) is 1. The van der Waals surface area contributed by atoms with Crippen molar-refractivity contribution in [2.75, 3.05) is 18.4 Å². The number of fused-ring (bicyclic) bond motifs is 2. The van der Waals surface area contributed by atoms with Crippen LogP contribution in [0.4, 0.5) is 10.5 Å². The molecular formula is C21H30N2O2.